The van der Waals surface area contributed by atoms with Gasteiger partial charge in [0, 0.05) is 51.6 Å². The average molecular weight is 465 g/mol. The number of thiazole rings is 1. The second-order valence-electron chi connectivity index (χ2n) is 7.57. The van der Waals surface area contributed by atoms with Crippen molar-refractivity contribution in [3.63, 3.8) is 0 Å². The zero-order chi connectivity index (χ0) is 23.4. The van der Waals surface area contributed by atoms with E-state index in [1.165, 1.54) is 0 Å². The van der Waals surface area contributed by atoms with Crippen LogP contribution < -0.4 is 0 Å². The summed E-state index contributed by atoms with van der Waals surface area (Å²) in [5.74, 6) is -2.38. The van der Waals surface area contributed by atoms with Crippen LogP contribution in [0.15, 0.2) is 5.38 Å². The third-order valence-electron chi connectivity index (χ3n) is 5.56. The predicted molar refractivity (Wildman–Crippen MR) is 107 cm³/mol. The van der Waals surface area contributed by atoms with Crippen molar-refractivity contribution < 1.29 is 32.7 Å². The van der Waals surface area contributed by atoms with Crippen LogP contribution in [0, 0.1) is 6.92 Å². The molecular weight excluding hydrogens is 437 g/mol. The fourth-order valence-electron chi connectivity index (χ4n) is 3.86. The number of likely N-dealkylation sites (N-methyl/N-ethyl adjacent to an activating group) is 1. The number of rotatable bonds is 3. The van der Waals surface area contributed by atoms with Crippen LogP contribution in [-0.4, -0.2) is 87.5 Å². The van der Waals surface area contributed by atoms with E-state index in [0.29, 0.717) is 38.9 Å². The zero-order valence-corrected chi connectivity index (χ0v) is 18.6. The first-order valence-electron chi connectivity index (χ1n) is 9.90. The highest BCUT2D eigenvalue weighted by atomic mass is 32.1. The maximum atomic E-state index is 13.0. The summed E-state index contributed by atoms with van der Waals surface area (Å²) in [6.45, 7) is 7.56. The molecule has 1 aromatic heterocycles. The summed E-state index contributed by atoms with van der Waals surface area (Å²) in [6, 6.07) is 0. The number of hydrogen-bond acceptors (Lipinski definition) is 6. The SMILES string of the molecule is CCC(=O)N1CCC2(CC1)C(=O)N(C)CCN2Cc1csc(C)n1.O=C(O)C(F)(F)F. The number of carboxylic acids is 1. The second kappa shape index (κ2) is 9.94. The van der Waals surface area contributed by atoms with E-state index in [1.54, 1.807) is 11.3 Å². The molecule has 0 bridgehead atoms. The maximum absolute atomic E-state index is 13.0. The van der Waals surface area contributed by atoms with Crippen molar-refractivity contribution in [2.75, 3.05) is 33.2 Å². The largest absolute Gasteiger partial charge is 0.490 e. The third kappa shape index (κ3) is 5.94. The van der Waals surface area contributed by atoms with Gasteiger partial charge in [0.15, 0.2) is 0 Å². The molecule has 0 atom stereocenters. The van der Waals surface area contributed by atoms with Crippen LogP contribution in [0.25, 0.3) is 0 Å². The van der Waals surface area contributed by atoms with Crippen molar-refractivity contribution in [3.8, 4) is 0 Å². The highest BCUT2D eigenvalue weighted by molar-refractivity contribution is 7.09. The lowest BCUT2D eigenvalue weighted by Gasteiger charge is -2.52. The number of piperidine rings is 1. The third-order valence-corrected chi connectivity index (χ3v) is 6.39. The molecule has 2 aliphatic heterocycles. The van der Waals surface area contributed by atoms with E-state index in [4.69, 9.17) is 9.90 Å². The van der Waals surface area contributed by atoms with Crippen LogP contribution in [0.1, 0.15) is 36.9 Å². The fraction of sp³-hybridized carbons (Fsp3) is 0.684. The molecule has 1 aromatic rings. The average Bonchev–Trinajstić information content (AvgIpc) is 3.13. The number of halogens is 3. The second-order valence-corrected chi connectivity index (χ2v) is 8.64. The number of piperazine rings is 1. The predicted octanol–water partition coefficient (Wildman–Crippen LogP) is 2.13. The number of aliphatic carboxylic acids is 1. The first kappa shape index (κ1) is 25.1. The summed E-state index contributed by atoms with van der Waals surface area (Å²) >= 11 is 1.65. The number of hydrogen-bond donors (Lipinski definition) is 1. The van der Waals surface area contributed by atoms with E-state index in [1.807, 2.05) is 30.7 Å². The molecule has 1 N–H and O–H groups in total. The van der Waals surface area contributed by atoms with Gasteiger partial charge < -0.3 is 14.9 Å². The summed E-state index contributed by atoms with van der Waals surface area (Å²) in [4.78, 5) is 44.5. The molecule has 3 rings (SSSR count). The van der Waals surface area contributed by atoms with Gasteiger partial charge in [-0.05, 0) is 19.8 Å². The van der Waals surface area contributed by atoms with Crippen LogP contribution in [-0.2, 0) is 20.9 Å². The number of aryl methyl sites for hydroxylation is 1. The lowest BCUT2D eigenvalue weighted by molar-refractivity contribution is -0.192. The quantitative estimate of drug-likeness (QED) is 0.737. The minimum absolute atomic E-state index is 0.183. The van der Waals surface area contributed by atoms with Gasteiger partial charge in [-0.25, -0.2) is 9.78 Å². The van der Waals surface area contributed by atoms with Gasteiger partial charge in [0.25, 0.3) is 0 Å². The van der Waals surface area contributed by atoms with E-state index in [2.05, 4.69) is 15.3 Å². The Labute approximate surface area is 182 Å². The Bertz CT molecular complexity index is 806. The van der Waals surface area contributed by atoms with E-state index < -0.39 is 17.7 Å². The molecule has 0 saturated carbocycles. The van der Waals surface area contributed by atoms with Gasteiger partial charge in [-0.1, -0.05) is 6.92 Å². The standard InChI is InChI=1S/C17H26N4O2S.C2HF3O2/c1-4-15(22)20-7-5-17(6-8-20)16(23)19(3)9-10-21(17)11-14-12-24-13(2)18-14;3-2(4,5)1(6)7/h12H,4-11H2,1-3H3;(H,6,7). The van der Waals surface area contributed by atoms with E-state index in [-0.39, 0.29) is 11.8 Å². The Morgan fingerprint density at radius 3 is 2.26 bits per heavy atom. The van der Waals surface area contributed by atoms with Gasteiger partial charge in [0.1, 0.15) is 5.54 Å². The molecule has 3 heterocycles. The highest BCUT2D eigenvalue weighted by Crippen LogP contribution is 2.35. The summed E-state index contributed by atoms with van der Waals surface area (Å²) in [6.07, 6.45) is -3.13. The molecule has 8 nitrogen and oxygen atoms in total. The van der Waals surface area contributed by atoms with Crippen LogP contribution in [0.3, 0.4) is 0 Å². The molecule has 2 amide bonds. The Kier molecular flexibility index (Phi) is 8.04. The Balaban J connectivity index is 0.000000423. The van der Waals surface area contributed by atoms with Crippen molar-refractivity contribution in [2.24, 2.45) is 0 Å². The molecule has 12 heteroatoms. The van der Waals surface area contributed by atoms with E-state index >= 15 is 0 Å². The van der Waals surface area contributed by atoms with E-state index in [9.17, 15) is 22.8 Å². The molecule has 2 aliphatic rings. The number of alkyl halides is 3. The topological polar surface area (TPSA) is 94.1 Å². The molecule has 2 saturated heterocycles. The first-order valence-corrected chi connectivity index (χ1v) is 10.8. The van der Waals surface area contributed by atoms with Gasteiger partial charge >= 0.3 is 12.1 Å². The lowest BCUT2D eigenvalue weighted by atomic mass is 9.82. The van der Waals surface area contributed by atoms with Gasteiger partial charge in [0.05, 0.1) is 10.7 Å². The number of nitrogens with zero attached hydrogens (tertiary/aromatic N) is 4. The zero-order valence-electron chi connectivity index (χ0n) is 17.7. The van der Waals surface area contributed by atoms with Gasteiger partial charge in [-0.15, -0.1) is 11.3 Å². The molecule has 174 valence electrons. The fourth-order valence-corrected chi connectivity index (χ4v) is 4.47. The van der Waals surface area contributed by atoms with Crippen molar-refractivity contribution >= 4 is 29.1 Å². The van der Waals surface area contributed by atoms with Gasteiger partial charge in [-0.3, -0.25) is 14.5 Å². The number of carbonyl (C=O) groups excluding carboxylic acids is 2. The van der Waals surface area contributed by atoms with Crippen molar-refractivity contribution in [3.05, 3.63) is 16.1 Å². The Hall–Kier alpha value is -2.21. The van der Waals surface area contributed by atoms with Crippen LogP contribution >= 0.6 is 11.3 Å². The summed E-state index contributed by atoms with van der Waals surface area (Å²) in [5.41, 5.74) is 0.566. The number of amides is 2. The van der Waals surface area contributed by atoms with Crippen LogP contribution in [0.2, 0.25) is 0 Å². The highest BCUT2D eigenvalue weighted by Gasteiger charge is 2.50. The summed E-state index contributed by atoms with van der Waals surface area (Å²) < 4.78 is 31.7. The Morgan fingerprint density at radius 1 is 1.23 bits per heavy atom. The number of likely N-dealkylation sites (tertiary alicyclic amines) is 1. The minimum Gasteiger partial charge on any atom is -0.475 e. The van der Waals surface area contributed by atoms with E-state index in [0.717, 1.165) is 23.8 Å². The molecule has 31 heavy (non-hydrogen) atoms. The number of carboxylic acid groups (broad SMARTS) is 1. The first-order chi connectivity index (χ1) is 14.4. The molecule has 2 fully saturated rings. The minimum atomic E-state index is -5.08. The van der Waals surface area contributed by atoms with Gasteiger partial charge in [-0.2, -0.15) is 13.2 Å². The molecule has 0 radical (unpaired) electrons. The molecular formula is C19H27F3N4O4S. The number of carbonyl (C=O) groups is 3. The van der Waals surface area contributed by atoms with Crippen molar-refractivity contribution in [1.82, 2.24) is 19.7 Å². The van der Waals surface area contributed by atoms with Crippen LogP contribution in [0.5, 0.6) is 0 Å². The van der Waals surface area contributed by atoms with Crippen molar-refractivity contribution in [1.29, 1.82) is 0 Å². The normalized spacial score (nSPS) is 19.2. The number of aromatic nitrogens is 1. The van der Waals surface area contributed by atoms with Crippen LogP contribution in [0.4, 0.5) is 13.2 Å². The summed E-state index contributed by atoms with van der Waals surface area (Å²) in [5, 5.41) is 10.3. The Morgan fingerprint density at radius 2 is 1.81 bits per heavy atom. The molecule has 1 spiro atoms. The maximum Gasteiger partial charge on any atom is 0.490 e. The summed E-state index contributed by atoms with van der Waals surface area (Å²) in [7, 11) is 1.89. The molecule has 0 unspecified atom stereocenters. The van der Waals surface area contributed by atoms with Gasteiger partial charge in [0.2, 0.25) is 11.8 Å². The van der Waals surface area contributed by atoms with Crippen molar-refractivity contribution in [2.45, 2.75) is 51.4 Å². The monoisotopic (exact) mass is 464 g/mol. The lowest BCUT2D eigenvalue weighted by Crippen LogP contribution is -2.68. The molecule has 0 aliphatic carbocycles. The smallest absolute Gasteiger partial charge is 0.475 e. The molecule has 0 aromatic carbocycles.